The first-order valence-corrected chi connectivity index (χ1v) is 7.54. The second kappa shape index (κ2) is 8.39. The minimum Gasteiger partial charge on any atom is -0.468 e. The van der Waals surface area contributed by atoms with Crippen molar-refractivity contribution in [3.05, 3.63) is 23.7 Å². The molecule has 0 amide bonds. The molecule has 0 fully saturated rings. The lowest BCUT2D eigenvalue weighted by Crippen LogP contribution is -2.30. The van der Waals surface area contributed by atoms with Gasteiger partial charge >= 0.3 is 0 Å². The van der Waals surface area contributed by atoms with E-state index in [9.17, 15) is 0 Å². The zero-order valence-electron chi connectivity index (χ0n) is 13.2. The lowest BCUT2D eigenvalue weighted by Gasteiger charge is -2.25. The predicted octanol–water partition coefficient (Wildman–Crippen LogP) is 3.65. The molecular formula is C16H30N2O. The van der Waals surface area contributed by atoms with Crippen LogP contribution in [0.3, 0.4) is 0 Å². The van der Waals surface area contributed by atoms with E-state index < -0.39 is 0 Å². The van der Waals surface area contributed by atoms with Gasteiger partial charge in [0.2, 0.25) is 0 Å². The first-order chi connectivity index (χ1) is 9.08. The second-order valence-electron chi connectivity index (χ2n) is 5.78. The molecule has 0 aliphatic rings. The van der Waals surface area contributed by atoms with Gasteiger partial charge in [0.1, 0.15) is 5.76 Å². The largest absolute Gasteiger partial charge is 0.468 e. The molecule has 0 unspecified atom stereocenters. The standard InChI is InChI=1S/C16H30N2O/c1-6-15(7-2)18(5)12-14-8-9-19-16(14)11-17-10-13(3)4/h8-9,13,15,17H,6-7,10-12H2,1-5H3. The van der Waals surface area contributed by atoms with Crippen LogP contribution in [-0.4, -0.2) is 24.5 Å². The maximum atomic E-state index is 5.61. The van der Waals surface area contributed by atoms with Crippen molar-refractivity contribution >= 4 is 0 Å². The van der Waals surface area contributed by atoms with Crippen molar-refractivity contribution in [2.45, 2.75) is 59.7 Å². The summed E-state index contributed by atoms with van der Waals surface area (Å²) in [7, 11) is 2.20. The van der Waals surface area contributed by atoms with Crippen LogP contribution in [0, 0.1) is 5.92 Å². The molecule has 0 atom stereocenters. The Bertz CT molecular complexity index is 342. The predicted molar refractivity (Wildman–Crippen MR) is 81.1 cm³/mol. The average Bonchev–Trinajstić information content (AvgIpc) is 2.78. The van der Waals surface area contributed by atoms with Gasteiger partial charge in [0.15, 0.2) is 0 Å². The van der Waals surface area contributed by atoms with Gasteiger partial charge in [-0.1, -0.05) is 27.7 Å². The molecule has 0 aliphatic heterocycles. The molecule has 1 rings (SSSR count). The Morgan fingerprint density at radius 2 is 1.95 bits per heavy atom. The summed E-state index contributed by atoms with van der Waals surface area (Å²) in [5, 5.41) is 3.45. The number of nitrogens with one attached hydrogen (secondary N) is 1. The monoisotopic (exact) mass is 266 g/mol. The van der Waals surface area contributed by atoms with Gasteiger partial charge in [-0.3, -0.25) is 4.90 Å². The summed E-state index contributed by atoms with van der Waals surface area (Å²) in [4.78, 5) is 2.43. The molecule has 0 aliphatic carbocycles. The Morgan fingerprint density at radius 1 is 1.26 bits per heavy atom. The fourth-order valence-electron chi connectivity index (χ4n) is 2.45. The zero-order chi connectivity index (χ0) is 14.3. The van der Waals surface area contributed by atoms with Crippen LogP contribution in [0.2, 0.25) is 0 Å². The van der Waals surface area contributed by atoms with Gasteiger partial charge in [-0.15, -0.1) is 0 Å². The molecule has 0 saturated heterocycles. The van der Waals surface area contributed by atoms with Crippen LogP contribution in [0.1, 0.15) is 51.9 Å². The quantitative estimate of drug-likeness (QED) is 0.739. The maximum absolute atomic E-state index is 5.61. The molecule has 1 aromatic rings. The summed E-state index contributed by atoms with van der Waals surface area (Å²) < 4.78 is 5.61. The van der Waals surface area contributed by atoms with Gasteiger partial charge in [-0.05, 0) is 38.4 Å². The van der Waals surface area contributed by atoms with E-state index in [-0.39, 0.29) is 0 Å². The number of furan rings is 1. The van der Waals surface area contributed by atoms with Crippen LogP contribution < -0.4 is 5.32 Å². The summed E-state index contributed by atoms with van der Waals surface area (Å²) in [6.45, 7) is 11.8. The lowest BCUT2D eigenvalue weighted by molar-refractivity contribution is 0.220. The molecule has 1 heterocycles. The van der Waals surface area contributed by atoms with E-state index in [1.54, 1.807) is 0 Å². The van der Waals surface area contributed by atoms with E-state index in [1.807, 2.05) is 6.26 Å². The van der Waals surface area contributed by atoms with Crippen LogP contribution in [0.25, 0.3) is 0 Å². The van der Waals surface area contributed by atoms with Crippen molar-refractivity contribution in [2.75, 3.05) is 13.6 Å². The lowest BCUT2D eigenvalue weighted by atomic mass is 10.1. The summed E-state index contributed by atoms with van der Waals surface area (Å²) in [6.07, 6.45) is 4.21. The highest BCUT2D eigenvalue weighted by Gasteiger charge is 2.14. The summed E-state index contributed by atoms with van der Waals surface area (Å²) >= 11 is 0. The molecule has 0 aromatic carbocycles. The van der Waals surface area contributed by atoms with Crippen LogP contribution in [-0.2, 0) is 13.1 Å². The zero-order valence-corrected chi connectivity index (χ0v) is 13.2. The average molecular weight is 266 g/mol. The van der Waals surface area contributed by atoms with Crippen LogP contribution in [0.5, 0.6) is 0 Å². The van der Waals surface area contributed by atoms with Crippen molar-refractivity contribution in [1.82, 2.24) is 10.2 Å². The highest BCUT2D eigenvalue weighted by Crippen LogP contribution is 2.16. The summed E-state index contributed by atoms with van der Waals surface area (Å²) in [5.41, 5.74) is 1.31. The molecule has 0 bridgehead atoms. The first kappa shape index (κ1) is 16.3. The molecular weight excluding hydrogens is 236 g/mol. The van der Waals surface area contributed by atoms with Crippen molar-refractivity contribution < 1.29 is 4.42 Å². The van der Waals surface area contributed by atoms with Gasteiger partial charge in [-0.2, -0.15) is 0 Å². The van der Waals surface area contributed by atoms with Crippen LogP contribution in [0.15, 0.2) is 16.7 Å². The maximum Gasteiger partial charge on any atom is 0.122 e. The second-order valence-corrected chi connectivity index (χ2v) is 5.78. The van der Waals surface area contributed by atoms with E-state index in [4.69, 9.17) is 4.42 Å². The number of hydrogen-bond acceptors (Lipinski definition) is 3. The van der Waals surface area contributed by atoms with Crippen molar-refractivity contribution in [2.24, 2.45) is 5.92 Å². The first-order valence-electron chi connectivity index (χ1n) is 7.54. The van der Waals surface area contributed by atoms with E-state index in [0.29, 0.717) is 12.0 Å². The molecule has 110 valence electrons. The third-order valence-corrected chi connectivity index (χ3v) is 3.66. The fourth-order valence-corrected chi connectivity index (χ4v) is 2.45. The topological polar surface area (TPSA) is 28.4 Å². The SMILES string of the molecule is CCC(CC)N(C)Cc1ccoc1CNCC(C)C. The Kier molecular flexibility index (Phi) is 7.17. The molecule has 0 radical (unpaired) electrons. The van der Waals surface area contributed by atoms with Gasteiger partial charge in [-0.25, -0.2) is 0 Å². The Morgan fingerprint density at radius 3 is 2.53 bits per heavy atom. The smallest absolute Gasteiger partial charge is 0.122 e. The molecule has 3 heteroatoms. The molecule has 0 saturated carbocycles. The third kappa shape index (κ3) is 5.37. The molecule has 19 heavy (non-hydrogen) atoms. The third-order valence-electron chi connectivity index (χ3n) is 3.66. The van der Waals surface area contributed by atoms with E-state index in [2.05, 4.69) is 51.0 Å². The number of hydrogen-bond donors (Lipinski definition) is 1. The minimum atomic E-state index is 0.659. The van der Waals surface area contributed by atoms with Crippen LogP contribution in [0.4, 0.5) is 0 Å². The Hall–Kier alpha value is -0.800. The number of nitrogens with zero attached hydrogens (tertiary/aromatic N) is 1. The number of rotatable bonds is 9. The summed E-state index contributed by atoms with van der Waals surface area (Å²) in [5.74, 6) is 1.75. The highest BCUT2D eigenvalue weighted by molar-refractivity contribution is 5.16. The molecule has 1 N–H and O–H groups in total. The van der Waals surface area contributed by atoms with Gasteiger partial charge in [0.05, 0.1) is 12.8 Å². The molecule has 1 aromatic heterocycles. The molecule has 0 spiro atoms. The van der Waals surface area contributed by atoms with Gasteiger partial charge in [0.25, 0.3) is 0 Å². The Labute approximate surface area is 118 Å². The normalized spacial score (nSPS) is 12.0. The Balaban J connectivity index is 2.52. The van der Waals surface area contributed by atoms with E-state index in [0.717, 1.165) is 25.4 Å². The van der Waals surface area contributed by atoms with Crippen molar-refractivity contribution in [3.63, 3.8) is 0 Å². The minimum absolute atomic E-state index is 0.659. The van der Waals surface area contributed by atoms with Crippen molar-refractivity contribution in [3.8, 4) is 0 Å². The van der Waals surface area contributed by atoms with Crippen LogP contribution >= 0.6 is 0 Å². The van der Waals surface area contributed by atoms with Gasteiger partial charge in [0, 0.05) is 18.2 Å². The van der Waals surface area contributed by atoms with E-state index in [1.165, 1.54) is 18.4 Å². The van der Waals surface area contributed by atoms with Crippen molar-refractivity contribution in [1.29, 1.82) is 0 Å². The van der Waals surface area contributed by atoms with E-state index >= 15 is 0 Å². The fraction of sp³-hybridized carbons (Fsp3) is 0.750. The van der Waals surface area contributed by atoms with Gasteiger partial charge < -0.3 is 9.73 Å². The summed E-state index contributed by atoms with van der Waals surface area (Å²) in [6, 6.07) is 2.76. The molecule has 3 nitrogen and oxygen atoms in total. The highest BCUT2D eigenvalue weighted by atomic mass is 16.3.